The van der Waals surface area contributed by atoms with Gasteiger partial charge in [-0.25, -0.2) is 0 Å². The van der Waals surface area contributed by atoms with E-state index < -0.39 is 18.2 Å². The first kappa shape index (κ1) is 61.6. The number of amides is 1. The predicted octanol–water partition coefficient (Wildman–Crippen LogP) is 16.8. The number of hydrogen-bond donors (Lipinski definition) is 3. The van der Waals surface area contributed by atoms with Crippen molar-refractivity contribution in [3.05, 3.63) is 60.8 Å². The van der Waals surface area contributed by atoms with Crippen molar-refractivity contribution in [2.75, 3.05) is 6.61 Å². The van der Waals surface area contributed by atoms with Crippen molar-refractivity contribution in [2.45, 2.75) is 289 Å². The molecule has 0 aromatic heterocycles. The first-order valence-electron chi connectivity index (χ1n) is 27.6. The van der Waals surface area contributed by atoms with E-state index in [-0.39, 0.29) is 24.9 Å². The fourth-order valence-electron chi connectivity index (χ4n) is 8.34. The zero-order valence-electron chi connectivity index (χ0n) is 42.4. The molecule has 0 bridgehead atoms. The van der Waals surface area contributed by atoms with Crippen LogP contribution in [0.25, 0.3) is 0 Å². The molecule has 0 rings (SSSR count). The quantitative estimate of drug-likeness (QED) is 0.0321. The van der Waals surface area contributed by atoms with Crippen molar-refractivity contribution in [1.82, 2.24) is 5.32 Å². The van der Waals surface area contributed by atoms with Crippen LogP contribution < -0.4 is 5.32 Å². The maximum absolute atomic E-state index is 13.2. The number of rotatable bonds is 49. The smallest absolute Gasteiger partial charge is 0.306 e. The Balaban J connectivity index is 4.59. The molecule has 6 nitrogen and oxygen atoms in total. The average Bonchev–Trinajstić information content (AvgIpc) is 3.29. The van der Waals surface area contributed by atoms with Crippen molar-refractivity contribution in [2.24, 2.45) is 0 Å². The lowest BCUT2D eigenvalue weighted by Gasteiger charge is -2.24. The van der Waals surface area contributed by atoms with Crippen LogP contribution in [-0.4, -0.2) is 46.9 Å². The summed E-state index contributed by atoms with van der Waals surface area (Å²) in [6, 6.07) is -0.725. The summed E-state index contributed by atoms with van der Waals surface area (Å²) < 4.78 is 5.91. The Morgan fingerprint density at radius 3 is 1.25 bits per heavy atom. The molecule has 0 heterocycles. The van der Waals surface area contributed by atoms with Gasteiger partial charge >= 0.3 is 5.97 Å². The molecule has 0 spiro atoms. The van der Waals surface area contributed by atoms with Crippen LogP contribution in [0.2, 0.25) is 0 Å². The molecule has 6 heteroatoms. The summed E-state index contributed by atoms with van der Waals surface area (Å²) in [7, 11) is 0. The standard InChI is InChI=1S/C58H105NO5/c1-4-7-10-13-16-19-22-25-27-29-32-35-38-41-44-47-50-56(61)55(53-60)59-57(62)52-54(49-46-43-40-37-34-31-24-21-18-15-12-9-6-3)64-58(63)51-48-45-42-39-36-33-30-28-26-23-20-17-14-11-8-5-2/h9,12,15,18,21,24,31,34,37,40,54-56,60-61H,4-8,10-11,13-14,16-17,19-20,22-23,25-30,32-33,35-36,38-39,41-53H2,1-3H3,(H,59,62)/b12-9+,18-15+,24-21-,34-31-,40-37+. The van der Waals surface area contributed by atoms with Gasteiger partial charge in [-0.15, -0.1) is 0 Å². The van der Waals surface area contributed by atoms with Gasteiger partial charge < -0.3 is 20.3 Å². The Labute approximate surface area is 397 Å². The topological polar surface area (TPSA) is 95.9 Å². The second-order valence-corrected chi connectivity index (χ2v) is 18.7. The number of allylic oxidation sites excluding steroid dienone is 10. The van der Waals surface area contributed by atoms with Crippen LogP contribution in [0.5, 0.6) is 0 Å². The fraction of sp³-hybridized carbons (Fsp3) is 0.793. The van der Waals surface area contributed by atoms with E-state index in [1.807, 2.05) is 48.6 Å². The molecule has 3 N–H and O–H groups in total. The van der Waals surface area contributed by atoms with Crippen molar-refractivity contribution in [3.63, 3.8) is 0 Å². The van der Waals surface area contributed by atoms with Gasteiger partial charge in [-0.1, -0.05) is 281 Å². The van der Waals surface area contributed by atoms with Gasteiger partial charge in [-0.2, -0.15) is 0 Å². The fourth-order valence-corrected chi connectivity index (χ4v) is 8.34. The molecule has 0 aliphatic carbocycles. The summed E-state index contributed by atoms with van der Waals surface area (Å²) in [4.78, 5) is 26.2. The molecule has 0 radical (unpaired) electrons. The number of carbonyl (C=O) groups is 2. The van der Waals surface area contributed by atoms with Crippen molar-refractivity contribution in [1.29, 1.82) is 0 Å². The summed E-state index contributed by atoms with van der Waals surface area (Å²) in [5.41, 5.74) is 0. The van der Waals surface area contributed by atoms with Crippen molar-refractivity contribution in [3.8, 4) is 0 Å². The SMILES string of the molecule is CC/C=C/C=C/C=C\C=C/C=C/CCCC(CC(=O)NC(CO)C(O)CCCCCCCCCCCCCCCCCC)OC(=O)CCCCCCCCCCCCCCCCCC. The van der Waals surface area contributed by atoms with Gasteiger partial charge in [0, 0.05) is 6.42 Å². The van der Waals surface area contributed by atoms with E-state index in [9.17, 15) is 19.8 Å². The normalized spacial score (nSPS) is 13.6. The number of carbonyl (C=O) groups excluding carboxylic acids is 2. The van der Waals surface area contributed by atoms with Gasteiger partial charge in [0.25, 0.3) is 0 Å². The van der Waals surface area contributed by atoms with Gasteiger partial charge in [0.1, 0.15) is 6.10 Å². The number of nitrogens with one attached hydrogen (secondary N) is 1. The summed E-state index contributed by atoms with van der Waals surface area (Å²) >= 11 is 0. The average molecular weight is 896 g/mol. The molecule has 3 atom stereocenters. The summed E-state index contributed by atoms with van der Waals surface area (Å²) in [6.07, 6.45) is 64.4. The minimum absolute atomic E-state index is 0.0301. The van der Waals surface area contributed by atoms with E-state index in [0.717, 1.165) is 57.8 Å². The summed E-state index contributed by atoms with van der Waals surface area (Å²) in [6.45, 7) is 6.34. The van der Waals surface area contributed by atoms with E-state index in [2.05, 4.69) is 38.2 Å². The van der Waals surface area contributed by atoms with Crippen molar-refractivity contribution < 1.29 is 24.5 Å². The minimum Gasteiger partial charge on any atom is -0.462 e. The largest absolute Gasteiger partial charge is 0.462 e. The van der Waals surface area contributed by atoms with Crippen molar-refractivity contribution >= 4 is 11.9 Å². The third kappa shape index (κ3) is 46.1. The zero-order chi connectivity index (χ0) is 46.7. The number of hydrogen-bond acceptors (Lipinski definition) is 5. The zero-order valence-corrected chi connectivity index (χ0v) is 42.4. The molecular weight excluding hydrogens is 791 g/mol. The van der Waals surface area contributed by atoms with Gasteiger partial charge in [0.15, 0.2) is 0 Å². The molecular formula is C58H105NO5. The highest BCUT2D eigenvalue weighted by Crippen LogP contribution is 2.18. The van der Waals surface area contributed by atoms with E-state index in [0.29, 0.717) is 19.3 Å². The highest BCUT2D eigenvalue weighted by molar-refractivity contribution is 5.77. The van der Waals surface area contributed by atoms with E-state index >= 15 is 0 Å². The van der Waals surface area contributed by atoms with Crippen LogP contribution in [0.4, 0.5) is 0 Å². The van der Waals surface area contributed by atoms with E-state index in [1.165, 1.54) is 167 Å². The molecule has 0 aliphatic heterocycles. The molecule has 0 fully saturated rings. The lowest BCUT2D eigenvalue weighted by atomic mass is 10.0. The van der Waals surface area contributed by atoms with Gasteiger partial charge in [-0.05, 0) is 38.5 Å². The van der Waals surface area contributed by atoms with E-state index in [1.54, 1.807) is 0 Å². The highest BCUT2D eigenvalue weighted by Gasteiger charge is 2.24. The van der Waals surface area contributed by atoms with Gasteiger partial charge in [-0.3, -0.25) is 9.59 Å². The first-order valence-corrected chi connectivity index (χ1v) is 27.6. The van der Waals surface area contributed by atoms with Crippen LogP contribution in [0.3, 0.4) is 0 Å². The number of unbranched alkanes of at least 4 members (excludes halogenated alkanes) is 31. The lowest BCUT2D eigenvalue weighted by molar-refractivity contribution is -0.151. The molecule has 3 unspecified atom stereocenters. The second kappa shape index (κ2) is 51.5. The van der Waals surface area contributed by atoms with Crippen LogP contribution in [-0.2, 0) is 14.3 Å². The molecule has 1 amide bonds. The second-order valence-electron chi connectivity index (χ2n) is 18.7. The monoisotopic (exact) mass is 896 g/mol. The molecule has 0 aliphatic rings. The molecule has 372 valence electrons. The highest BCUT2D eigenvalue weighted by atomic mass is 16.5. The van der Waals surface area contributed by atoms with Gasteiger partial charge in [0.05, 0.1) is 25.2 Å². The Bertz CT molecular complexity index is 1140. The number of esters is 1. The van der Waals surface area contributed by atoms with Crippen LogP contribution >= 0.6 is 0 Å². The minimum atomic E-state index is -0.807. The molecule has 64 heavy (non-hydrogen) atoms. The third-order valence-electron chi connectivity index (χ3n) is 12.5. The Morgan fingerprint density at radius 1 is 0.469 bits per heavy atom. The number of aliphatic hydroxyl groups is 2. The molecule has 0 saturated carbocycles. The number of ether oxygens (including phenoxy) is 1. The molecule has 0 aromatic carbocycles. The molecule has 0 saturated heterocycles. The maximum Gasteiger partial charge on any atom is 0.306 e. The van der Waals surface area contributed by atoms with Crippen LogP contribution in [0, 0.1) is 0 Å². The summed E-state index contributed by atoms with van der Waals surface area (Å²) in [5, 5.41) is 23.8. The predicted molar refractivity (Wildman–Crippen MR) is 278 cm³/mol. The Kier molecular flexibility index (Phi) is 49.6. The van der Waals surface area contributed by atoms with E-state index in [4.69, 9.17) is 4.74 Å². The Hall–Kier alpha value is -2.44. The first-order chi connectivity index (χ1) is 31.5. The van der Waals surface area contributed by atoms with Gasteiger partial charge in [0.2, 0.25) is 5.91 Å². The summed E-state index contributed by atoms with van der Waals surface area (Å²) in [5.74, 6) is -0.537. The van der Waals surface area contributed by atoms with Crippen LogP contribution in [0.1, 0.15) is 271 Å². The maximum atomic E-state index is 13.2. The third-order valence-corrected chi connectivity index (χ3v) is 12.5. The number of aliphatic hydroxyl groups excluding tert-OH is 2. The Morgan fingerprint density at radius 2 is 0.844 bits per heavy atom. The van der Waals surface area contributed by atoms with Crippen LogP contribution in [0.15, 0.2) is 60.8 Å². The lowest BCUT2D eigenvalue weighted by Crippen LogP contribution is -2.46. The molecule has 0 aromatic rings.